The van der Waals surface area contributed by atoms with E-state index in [1.165, 1.54) is 16.8 Å². The first-order chi connectivity index (χ1) is 16.1. The molecule has 2 aliphatic rings. The summed E-state index contributed by atoms with van der Waals surface area (Å²) in [6, 6.07) is 11.1. The summed E-state index contributed by atoms with van der Waals surface area (Å²) in [5.41, 5.74) is 6.07. The van der Waals surface area contributed by atoms with Crippen LogP contribution in [0.3, 0.4) is 0 Å². The van der Waals surface area contributed by atoms with Gasteiger partial charge in [0.1, 0.15) is 17.8 Å². The summed E-state index contributed by atoms with van der Waals surface area (Å²) in [5.74, 6) is 2.34. The molecule has 2 aromatic carbocycles. The molecule has 33 heavy (non-hydrogen) atoms. The molecule has 0 saturated carbocycles. The van der Waals surface area contributed by atoms with Gasteiger partial charge in [0.2, 0.25) is 0 Å². The molecule has 178 valence electrons. The largest absolute Gasteiger partial charge is 0.497 e. The number of carbonyl (C=O) groups excluding carboxylic acids is 1. The molecule has 0 amide bonds. The maximum absolute atomic E-state index is 11.4. The van der Waals surface area contributed by atoms with E-state index < -0.39 is 0 Å². The van der Waals surface area contributed by atoms with Gasteiger partial charge in [-0.1, -0.05) is 12.1 Å². The number of benzene rings is 2. The van der Waals surface area contributed by atoms with Crippen LogP contribution >= 0.6 is 0 Å². The summed E-state index contributed by atoms with van der Waals surface area (Å²) in [6.45, 7) is 8.40. The number of carbonyl (C=O) groups is 1. The smallest absolute Gasteiger partial charge is 0.139 e. The number of methoxy groups -OCH3 is 1. The molecule has 4 rings (SSSR count). The number of para-hydroxylation sites is 1. The number of aryl methyl sites for hydroxylation is 2. The van der Waals surface area contributed by atoms with Crippen LogP contribution < -0.4 is 19.7 Å². The lowest BCUT2D eigenvalue weighted by Crippen LogP contribution is -2.47. The van der Waals surface area contributed by atoms with Gasteiger partial charge in [0.25, 0.3) is 0 Å². The zero-order valence-electron chi connectivity index (χ0n) is 20.4. The van der Waals surface area contributed by atoms with Gasteiger partial charge in [0, 0.05) is 32.1 Å². The van der Waals surface area contributed by atoms with E-state index in [1.807, 2.05) is 20.0 Å². The molecule has 2 atom stereocenters. The molecule has 1 fully saturated rings. The van der Waals surface area contributed by atoms with Crippen LogP contribution in [0.15, 0.2) is 30.3 Å². The number of ether oxygens (including phenoxy) is 2. The molecule has 2 heterocycles. The lowest BCUT2D eigenvalue weighted by atomic mass is 9.88. The highest BCUT2D eigenvalue weighted by atomic mass is 16.5. The highest BCUT2D eigenvalue weighted by Gasteiger charge is 2.42. The number of likely N-dealkylation sites (tertiary alicyclic amines) is 1. The SMILES string of the molecule is CCOc1c(C)cc(OC)cc1CCCN1CCC2C(C1)c1cccc(NC)c1N2CC=O. The molecule has 1 saturated heterocycles. The molecule has 0 aromatic heterocycles. The molecular formula is C27H37N3O3. The second-order valence-electron chi connectivity index (χ2n) is 9.04. The summed E-state index contributed by atoms with van der Waals surface area (Å²) in [4.78, 5) is 16.4. The van der Waals surface area contributed by atoms with Crippen LogP contribution in [-0.4, -0.2) is 64.2 Å². The van der Waals surface area contributed by atoms with Crippen molar-refractivity contribution in [2.75, 3.05) is 57.2 Å². The third-order valence-electron chi connectivity index (χ3n) is 7.13. The van der Waals surface area contributed by atoms with E-state index in [0.29, 0.717) is 25.1 Å². The van der Waals surface area contributed by atoms with Gasteiger partial charge in [0.15, 0.2) is 0 Å². The Morgan fingerprint density at radius 3 is 2.85 bits per heavy atom. The number of rotatable bonds is 10. The van der Waals surface area contributed by atoms with E-state index in [4.69, 9.17) is 9.47 Å². The van der Waals surface area contributed by atoms with Crippen molar-refractivity contribution in [1.82, 2.24) is 4.90 Å². The topological polar surface area (TPSA) is 54.0 Å². The van der Waals surface area contributed by atoms with Crippen molar-refractivity contribution in [3.05, 3.63) is 47.0 Å². The highest BCUT2D eigenvalue weighted by molar-refractivity contribution is 5.80. The second-order valence-corrected chi connectivity index (χ2v) is 9.04. The number of nitrogens with one attached hydrogen (secondary N) is 1. The van der Waals surface area contributed by atoms with E-state index in [0.717, 1.165) is 67.9 Å². The third-order valence-corrected chi connectivity index (χ3v) is 7.13. The van der Waals surface area contributed by atoms with Crippen LogP contribution in [0.4, 0.5) is 11.4 Å². The minimum Gasteiger partial charge on any atom is -0.497 e. The van der Waals surface area contributed by atoms with E-state index in [2.05, 4.69) is 46.3 Å². The van der Waals surface area contributed by atoms with Crippen molar-refractivity contribution in [2.45, 2.75) is 45.1 Å². The van der Waals surface area contributed by atoms with Crippen molar-refractivity contribution >= 4 is 17.7 Å². The Labute approximate surface area is 197 Å². The summed E-state index contributed by atoms with van der Waals surface area (Å²) >= 11 is 0. The fourth-order valence-electron chi connectivity index (χ4n) is 5.70. The van der Waals surface area contributed by atoms with E-state index >= 15 is 0 Å². The predicted octanol–water partition coefficient (Wildman–Crippen LogP) is 4.25. The molecule has 6 nitrogen and oxygen atoms in total. The number of anilines is 2. The average molecular weight is 452 g/mol. The third kappa shape index (κ3) is 4.67. The fourth-order valence-corrected chi connectivity index (χ4v) is 5.70. The van der Waals surface area contributed by atoms with E-state index in [-0.39, 0.29) is 0 Å². The van der Waals surface area contributed by atoms with Crippen molar-refractivity contribution < 1.29 is 14.3 Å². The van der Waals surface area contributed by atoms with Crippen molar-refractivity contribution in [2.24, 2.45) is 0 Å². The number of hydrogen-bond acceptors (Lipinski definition) is 6. The van der Waals surface area contributed by atoms with Crippen molar-refractivity contribution in [1.29, 1.82) is 0 Å². The van der Waals surface area contributed by atoms with Crippen molar-refractivity contribution in [3.8, 4) is 11.5 Å². The molecular weight excluding hydrogens is 414 g/mol. The molecule has 0 aliphatic carbocycles. The van der Waals surface area contributed by atoms with Crippen LogP contribution in [0, 0.1) is 6.92 Å². The molecule has 2 unspecified atom stereocenters. The first-order valence-electron chi connectivity index (χ1n) is 12.1. The Balaban J connectivity index is 1.45. The minimum absolute atomic E-state index is 0.404. The molecule has 1 N–H and O–H groups in total. The summed E-state index contributed by atoms with van der Waals surface area (Å²) in [7, 11) is 3.68. The van der Waals surface area contributed by atoms with Gasteiger partial charge in [-0.3, -0.25) is 0 Å². The van der Waals surface area contributed by atoms with Gasteiger partial charge < -0.3 is 29.4 Å². The van der Waals surface area contributed by atoms with Gasteiger partial charge in [-0.2, -0.15) is 0 Å². The Morgan fingerprint density at radius 2 is 2.12 bits per heavy atom. The Morgan fingerprint density at radius 1 is 1.27 bits per heavy atom. The van der Waals surface area contributed by atoms with Gasteiger partial charge in [0.05, 0.1) is 31.6 Å². The zero-order chi connectivity index (χ0) is 23.4. The standard InChI is InChI=1S/C27H37N3O3/c1-5-33-27-19(2)16-21(32-4)17-20(27)8-7-12-29-13-11-25-23(18-29)22-9-6-10-24(28-3)26(22)30(25)14-15-31/h6,9-10,15-17,23,25,28H,5,7-8,11-14,18H2,1-4H3. The maximum Gasteiger partial charge on any atom is 0.139 e. The predicted molar refractivity (Wildman–Crippen MR) is 134 cm³/mol. The Kier molecular flexibility index (Phi) is 7.43. The Bertz CT molecular complexity index is 977. The average Bonchev–Trinajstić information content (AvgIpc) is 3.14. The summed E-state index contributed by atoms with van der Waals surface area (Å²) in [5, 5.41) is 3.33. The number of aldehydes is 1. The first kappa shape index (κ1) is 23.4. The van der Waals surface area contributed by atoms with Gasteiger partial charge in [-0.15, -0.1) is 0 Å². The number of hydrogen-bond donors (Lipinski definition) is 1. The lowest BCUT2D eigenvalue weighted by Gasteiger charge is -2.38. The summed E-state index contributed by atoms with van der Waals surface area (Å²) in [6.07, 6.45) is 4.16. The molecule has 2 aliphatic heterocycles. The van der Waals surface area contributed by atoms with Crippen LogP contribution in [0.25, 0.3) is 0 Å². The molecule has 0 bridgehead atoms. The van der Waals surface area contributed by atoms with Crippen LogP contribution in [0.5, 0.6) is 11.5 Å². The first-order valence-corrected chi connectivity index (χ1v) is 12.1. The lowest BCUT2D eigenvalue weighted by molar-refractivity contribution is -0.106. The maximum atomic E-state index is 11.4. The molecule has 2 aromatic rings. The highest BCUT2D eigenvalue weighted by Crippen LogP contribution is 2.47. The van der Waals surface area contributed by atoms with E-state index in [9.17, 15) is 4.79 Å². The zero-order valence-corrected chi connectivity index (χ0v) is 20.4. The number of nitrogens with zero attached hydrogens (tertiary/aromatic N) is 2. The Hall–Kier alpha value is -2.73. The quantitative estimate of drug-likeness (QED) is 0.545. The summed E-state index contributed by atoms with van der Waals surface area (Å²) < 4.78 is 11.4. The fraction of sp³-hybridized carbons (Fsp3) is 0.519. The van der Waals surface area contributed by atoms with Gasteiger partial charge in [-0.05, 0) is 74.5 Å². The number of fused-ring (bicyclic) bond motifs is 3. The molecule has 0 spiro atoms. The second kappa shape index (κ2) is 10.5. The minimum atomic E-state index is 0.404. The van der Waals surface area contributed by atoms with Crippen molar-refractivity contribution in [3.63, 3.8) is 0 Å². The molecule has 6 heteroatoms. The van der Waals surface area contributed by atoms with Crippen LogP contribution in [0.1, 0.15) is 42.4 Å². The van der Waals surface area contributed by atoms with Gasteiger partial charge >= 0.3 is 0 Å². The number of piperidine rings is 1. The van der Waals surface area contributed by atoms with Crippen LogP contribution in [0.2, 0.25) is 0 Å². The normalized spacial score (nSPS) is 19.7. The van der Waals surface area contributed by atoms with Crippen LogP contribution in [-0.2, 0) is 11.2 Å². The van der Waals surface area contributed by atoms with Gasteiger partial charge in [-0.25, -0.2) is 0 Å². The monoisotopic (exact) mass is 451 g/mol. The molecule has 0 radical (unpaired) electrons. The van der Waals surface area contributed by atoms with E-state index in [1.54, 1.807) is 7.11 Å².